The van der Waals surface area contributed by atoms with Gasteiger partial charge in [-0.3, -0.25) is 4.79 Å². The van der Waals surface area contributed by atoms with E-state index in [4.69, 9.17) is 0 Å². The average Bonchev–Trinajstić information content (AvgIpc) is 2.38. The molecule has 0 fully saturated rings. The van der Waals surface area contributed by atoms with E-state index in [1.54, 1.807) is 0 Å². The third-order valence-electron chi connectivity index (χ3n) is 2.78. The summed E-state index contributed by atoms with van der Waals surface area (Å²) >= 11 is 3.48. The molecule has 0 heterocycles. The van der Waals surface area contributed by atoms with E-state index in [9.17, 15) is 4.79 Å². The van der Waals surface area contributed by atoms with Crippen molar-refractivity contribution in [2.24, 2.45) is 0 Å². The molecule has 1 amide bonds. The van der Waals surface area contributed by atoms with E-state index in [1.165, 1.54) is 5.56 Å². The van der Waals surface area contributed by atoms with Crippen molar-refractivity contribution in [3.8, 4) is 0 Å². The number of anilines is 1. The lowest BCUT2D eigenvalue weighted by Crippen LogP contribution is -2.36. The van der Waals surface area contributed by atoms with Crippen LogP contribution in [-0.2, 0) is 11.3 Å². The third kappa shape index (κ3) is 5.20. The number of halogens is 1. The van der Waals surface area contributed by atoms with Gasteiger partial charge in [-0.15, -0.1) is 0 Å². The molecule has 0 aliphatic rings. The van der Waals surface area contributed by atoms with Gasteiger partial charge in [0, 0.05) is 30.3 Å². The van der Waals surface area contributed by atoms with Crippen LogP contribution in [0.1, 0.15) is 18.9 Å². The summed E-state index contributed by atoms with van der Waals surface area (Å²) in [7, 11) is 3.85. The van der Waals surface area contributed by atoms with Crippen LogP contribution in [-0.4, -0.2) is 33.1 Å². The maximum absolute atomic E-state index is 11.8. The maximum Gasteiger partial charge on any atom is 0.239 e. The first kappa shape index (κ1) is 16.0. The quantitative estimate of drug-likeness (QED) is 0.806. The minimum Gasteiger partial charge on any atom is -0.365 e. The van der Waals surface area contributed by atoms with Crippen molar-refractivity contribution in [2.75, 3.05) is 32.1 Å². The normalized spacial score (nSPS) is 10.3. The van der Waals surface area contributed by atoms with Gasteiger partial charge in [0.2, 0.25) is 5.91 Å². The summed E-state index contributed by atoms with van der Waals surface area (Å²) < 4.78 is 1.02. The molecule has 0 atom stereocenters. The molecule has 5 heteroatoms. The van der Waals surface area contributed by atoms with Crippen LogP contribution < -0.4 is 15.5 Å². The number of nitrogens with zero attached hydrogens (tertiary/aromatic N) is 1. The number of nitrogens with one attached hydrogen (secondary N) is 2. The molecule has 0 aliphatic carbocycles. The minimum atomic E-state index is 0.0553. The zero-order valence-electron chi connectivity index (χ0n) is 11.8. The van der Waals surface area contributed by atoms with Crippen molar-refractivity contribution < 1.29 is 4.79 Å². The Morgan fingerprint density at radius 1 is 1.42 bits per heavy atom. The van der Waals surface area contributed by atoms with E-state index in [0.717, 1.165) is 29.7 Å². The largest absolute Gasteiger partial charge is 0.365 e. The van der Waals surface area contributed by atoms with E-state index >= 15 is 0 Å². The van der Waals surface area contributed by atoms with Gasteiger partial charge in [-0.05, 0) is 31.2 Å². The van der Waals surface area contributed by atoms with Crippen molar-refractivity contribution in [3.05, 3.63) is 28.2 Å². The van der Waals surface area contributed by atoms with Gasteiger partial charge in [0.05, 0.1) is 6.54 Å². The summed E-state index contributed by atoms with van der Waals surface area (Å²) in [5, 5.41) is 6.03. The molecule has 0 aliphatic heterocycles. The van der Waals surface area contributed by atoms with Gasteiger partial charge in [0.25, 0.3) is 0 Å². The standard InChI is InChI=1S/C14H22BrN3O/c1-4-7-17-14(19)10-18(3)13-8-12(15)6-5-11(13)9-16-2/h5-6,8,16H,4,7,9-10H2,1-3H3,(H,17,19). The molecule has 0 saturated carbocycles. The molecule has 1 aromatic rings. The number of carbonyl (C=O) groups is 1. The lowest BCUT2D eigenvalue weighted by Gasteiger charge is -2.22. The Hall–Kier alpha value is -1.07. The monoisotopic (exact) mass is 327 g/mol. The van der Waals surface area contributed by atoms with Crippen molar-refractivity contribution in [1.29, 1.82) is 0 Å². The van der Waals surface area contributed by atoms with Crippen molar-refractivity contribution in [2.45, 2.75) is 19.9 Å². The summed E-state index contributed by atoms with van der Waals surface area (Å²) in [6, 6.07) is 6.12. The van der Waals surface area contributed by atoms with E-state index in [2.05, 4.69) is 32.6 Å². The Morgan fingerprint density at radius 2 is 2.16 bits per heavy atom. The molecule has 0 saturated heterocycles. The Morgan fingerprint density at radius 3 is 2.79 bits per heavy atom. The van der Waals surface area contributed by atoms with Crippen LogP contribution in [0, 0.1) is 0 Å². The lowest BCUT2D eigenvalue weighted by atomic mass is 10.1. The van der Waals surface area contributed by atoms with Crippen LogP contribution in [0.3, 0.4) is 0 Å². The van der Waals surface area contributed by atoms with Crippen molar-refractivity contribution in [1.82, 2.24) is 10.6 Å². The number of benzene rings is 1. The predicted molar refractivity (Wildman–Crippen MR) is 83.5 cm³/mol. The number of carbonyl (C=O) groups excluding carboxylic acids is 1. The Bertz CT molecular complexity index is 423. The van der Waals surface area contributed by atoms with Gasteiger partial charge in [-0.2, -0.15) is 0 Å². The van der Waals surface area contributed by atoms with E-state index in [0.29, 0.717) is 6.54 Å². The number of hydrogen-bond donors (Lipinski definition) is 2. The molecule has 1 aromatic carbocycles. The zero-order chi connectivity index (χ0) is 14.3. The number of rotatable bonds is 7. The second-order valence-electron chi connectivity index (χ2n) is 4.51. The molecular weight excluding hydrogens is 306 g/mol. The highest BCUT2D eigenvalue weighted by Gasteiger charge is 2.11. The van der Waals surface area contributed by atoms with Gasteiger partial charge in [0.1, 0.15) is 0 Å². The fraction of sp³-hybridized carbons (Fsp3) is 0.500. The molecule has 19 heavy (non-hydrogen) atoms. The smallest absolute Gasteiger partial charge is 0.239 e. The van der Waals surface area contributed by atoms with Gasteiger partial charge >= 0.3 is 0 Å². The Labute approximate surface area is 123 Å². The highest BCUT2D eigenvalue weighted by molar-refractivity contribution is 9.10. The van der Waals surface area contributed by atoms with Crippen LogP contribution in [0.15, 0.2) is 22.7 Å². The van der Waals surface area contributed by atoms with Crippen molar-refractivity contribution >= 4 is 27.5 Å². The van der Waals surface area contributed by atoms with Gasteiger partial charge in [0.15, 0.2) is 0 Å². The molecular formula is C14H22BrN3O. The molecule has 0 bridgehead atoms. The molecule has 0 radical (unpaired) electrons. The molecule has 2 N–H and O–H groups in total. The van der Waals surface area contributed by atoms with E-state index in [-0.39, 0.29) is 5.91 Å². The number of amides is 1. The molecule has 1 rings (SSSR count). The molecule has 0 spiro atoms. The van der Waals surface area contributed by atoms with Gasteiger partial charge < -0.3 is 15.5 Å². The topological polar surface area (TPSA) is 44.4 Å². The molecule has 4 nitrogen and oxygen atoms in total. The number of likely N-dealkylation sites (N-methyl/N-ethyl adjacent to an activating group) is 1. The molecule has 0 unspecified atom stereocenters. The summed E-state index contributed by atoms with van der Waals surface area (Å²) in [6.45, 7) is 3.93. The van der Waals surface area contributed by atoms with Gasteiger partial charge in [-0.25, -0.2) is 0 Å². The first-order chi connectivity index (χ1) is 9.08. The summed E-state index contributed by atoms with van der Waals surface area (Å²) in [5.74, 6) is 0.0553. The third-order valence-corrected chi connectivity index (χ3v) is 3.27. The van der Waals surface area contributed by atoms with Crippen molar-refractivity contribution in [3.63, 3.8) is 0 Å². The van der Waals surface area contributed by atoms with E-state index < -0.39 is 0 Å². The van der Waals surface area contributed by atoms with Crippen LogP contribution in [0.2, 0.25) is 0 Å². The first-order valence-corrected chi connectivity index (χ1v) is 7.28. The highest BCUT2D eigenvalue weighted by atomic mass is 79.9. The summed E-state index contributed by atoms with van der Waals surface area (Å²) in [4.78, 5) is 13.7. The second-order valence-corrected chi connectivity index (χ2v) is 5.43. The van der Waals surface area contributed by atoms with Crippen LogP contribution in [0.4, 0.5) is 5.69 Å². The highest BCUT2D eigenvalue weighted by Crippen LogP contribution is 2.24. The fourth-order valence-corrected chi connectivity index (χ4v) is 2.20. The number of hydrogen-bond acceptors (Lipinski definition) is 3. The zero-order valence-corrected chi connectivity index (χ0v) is 13.4. The minimum absolute atomic E-state index is 0.0553. The van der Waals surface area contributed by atoms with Crippen LogP contribution in [0.5, 0.6) is 0 Å². The summed E-state index contributed by atoms with van der Waals surface area (Å²) in [5.41, 5.74) is 2.24. The van der Waals surface area contributed by atoms with Crippen LogP contribution in [0.25, 0.3) is 0 Å². The predicted octanol–water partition coefficient (Wildman–Crippen LogP) is 2.13. The molecule has 0 aromatic heterocycles. The molecule has 106 valence electrons. The first-order valence-electron chi connectivity index (χ1n) is 6.49. The fourth-order valence-electron chi connectivity index (χ4n) is 1.85. The summed E-state index contributed by atoms with van der Waals surface area (Å²) in [6.07, 6.45) is 0.956. The lowest BCUT2D eigenvalue weighted by molar-refractivity contribution is -0.119. The maximum atomic E-state index is 11.8. The average molecular weight is 328 g/mol. The van der Waals surface area contributed by atoms with E-state index in [1.807, 2.05) is 38.1 Å². The Kier molecular flexibility index (Phi) is 6.87. The van der Waals surface area contributed by atoms with Crippen LogP contribution >= 0.6 is 15.9 Å². The second kappa shape index (κ2) is 8.17. The van der Waals surface area contributed by atoms with Gasteiger partial charge in [-0.1, -0.05) is 28.9 Å². The SMILES string of the molecule is CCCNC(=O)CN(C)c1cc(Br)ccc1CNC. The Balaban J connectivity index is 2.76.